The summed E-state index contributed by atoms with van der Waals surface area (Å²) in [6.45, 7) is 4.23. The minimum absolute atomic E-state index is 0.294. The van der Waals surface area contributed by atoms with Gasteiger partial charge in [0, 0.05) is 5.38 Å². The van der Waals surface area contributed by atoms with E-state index in [0.717, 1.165) is 16.3 Å². The van der Waals surface area contributed by atoms with Crippen LogP contribution in [0.4, 0.5) is 0 Å². The highest BCUT2D eigenvalue weighted by Crippen LogP contribution is 2.32. The molecule has 0 unspecified atom stereocenters. The monoisotopic (exact) mass is 219 g/mol. The van der Waals surface area contributed by atoms with E-state index in [9.17, 15) is 5.11 Å². The Kier molecular flexibility index (Phi) is 2.73. The van der Waals surface area contributed by atoms with Crippen LogP contribution >= 0.6 is 11.3 Å². The Morgan fingerprint density at radius 3 is 2.60 bits per heavy atom. The van der Waals surface area contributed by atoms with E-state index in [1.807, 2.05) is 23.6 Å². The van der Waals surface area contributed by atoms with Gasteiger partial charge in [0.1, 0.15) is 10.8 Å². The molecule has 0 saturated carbocycles. The van der Waals surface area contributed by atoms with Crippen molar-refractivity contribution in [2.75, 3.05) is 0 Å². The van der Waals surface area contributed by atoms with Crippen LogP contribution in [0, 0.1) is 0 Å². The van der Waals surface area contributed by atoms with Crippen molar-refractivity contribution in [2.45, 2.75) is 19.8 Å². The van der Waals surface area contributed by atoms with Gasteiger partial charge in [0.2, 0.25) is 0 Å². The molecule has 0 bridgehead atoms. The van der Waals surface area contributed by atoms with Gasteiger partial charge in [-0.25, -0.2) is 4.98 Å². The van der Waals surface area contributed by atoms with E-state index in [1.165, 1.54) is 0 Å². The Morgan fingerprint density at radius 1 is 1.27 bits per heavy atom. The molecule has 1 heterocycles. The van der Waals surface area contributed by atoms with Crippen LogP contribution in [-0.4, -0.2) is 10.1 Å². The highest BCUT2D eigenvalue weighted by atomic mass is 32.1. The maximum atomic E-state index is 9.68. The lowest BCUT2D eigenvalue weighted by Gasteiger charge is -2.00. The highest BCUT2D eigenvalue weighted by molar-refractivity contribution is 7.13. The van der Waals surface area contributed by atoms with Crippen molar-refractivity contribution in [1.29, 1.82) is 0 Å². The summed E-state index contributed by atoms with van der Waals surface area (Å²) in [6.07, 6.45) is 0. The third kappa shape index (κ3) is 2.02. The van der Waals surface area contributed by atoms with Crippen LogP contribution in [0.15, 0.2) is 29.6 Å². The number of hydrogen-bond donors (Lipinski definition) is 1. The summed E-state index contributed by atoms with van der Waals surface area (Å²) in [5.41, 5.74) is 1.90. The first-order valence-corrected chi connectivity index (χ1v) is 5.80. The van der Waals surface area contributed by atoms with Crippen LogP contribution in [-0.2, 0) is 0 Å². The van der Waals surface area contributed by atoms with Crippen molar-refractivity contribution in [3.8, 4) is 16.3 Å². The molecule has 0 aliphatic heterocycles. The first-order chi connectivity index (χ1) is 7.18. The van der Waals surface area contributed by atoms with Gasteiger partial charge in [-0.2, -0.15) is 0 Å². The molecule has 0 aliphatic rings. The third-order valence-corrected chi connectivity index (χ3v) is 3.14. The first kappa shape index (κ1) is 10.2. The molecule has 2 aromatic rings. The third-order valence-electron chi connectivity index (χ3n) is 2.25. The number of aromatic hydroxyl groups is 1. The van der Waals surface area contributed by atoms with Crippen molar-refractivity contribution in [1.82, 2.24) is 4.98 Å². The van der Waals surface area contributed by atoms with E-state index in [4.69, 9.17) is 0 Å². The zero-order valence-electron chi connectivity index (χ0n) is 8.77. The van der Waals surface area contributed by atoms with Crippen LogP contribution in [0.1, 0.15) is 25.5 Å². The summed E-state index contributed by atoms with van der Waals surface area (Å²) in [6, 6.07) is 7.30. The number of benzene rings is 1. The van der Waals surface area contributed by atoms with E-state index in [1.54, 1.807) is 17.4 Å². The van der Waals surface area contributed by atoms with Gasteiger partial charge in [0.15, 0.2) is 0 Å². The second kappa shape index (κ2) is 4.03. The van der Waals surface area contributed by atoms with Crippen molar-refractivity contribution in [3.63, 3.8) is 0 Å². The van der Waals surface area contributed by atoms with Gasteiger partial charge >= 0.3 is 0 Å². The molecule has 3 heteroatoms. The fraction of sp³-hybridized carbons (Fsp3) is 0.250. The van der Waals surface area contributed by atoms with Gasteiger partial charge in [-0.1, -0.05) is 26.0 Å². The Hall–Kier alpha value is -1.35. The van der Waals surface area contributed by atoms with E-state index in [2.05, 4.69) is 18.8 Å². The summed E-state index contributed by atoms with van der Waals surface area (Å²) < 4.78 is 0. The number of hydrogen-bond acceptors (Lipinski definition) is 3. The number of rotatable bonds is 2. The highest BCUT2D eigenvalue weighted by Gasteiger charge is 2.09. The second-order valence-corrected chi connectivity index (χ2v) is 4.61. The first-order valence-electron chi connectivity index (χ1n) is 4.92. The topological polar surface area (TPSA) is 33.1 Å². The average molecular weight is 219 g/mol. The molecular weight excluding hydrogens is 206 g/mol. The molecule has 78 valence electrons. The molecular formula is C12H13NOS. The van der Waals surface area contributed by atoms with Gasteiger partial charge < -0.3 is 5.11 Å². The van der Waals surface area contributed by atoms with Gasteiger partial charge in [-0.05, 0) is 18.1 Å². The Balaban J connectivity index is 2.42. The smallest absolute Gasteiger partial charge is 0.127 e. The molecule has 15 heavy (non-hydrogen) atoms. The second-order valence-electron chi connectivity index (χ2n) is 3.75. The molecule has 0 aliphatic carbocycles. The van der Waals surface area contributed by atoms with Gasteiger partial charge in [-0.15, -0.1) is 11.3 Å². The van der Waals surface area contributed by atoms with Gasteiger partial charge in [0.05, 0.1) is 11.3 Å². The largest absolute Gasteiger partial charge is 0.507 e. The molecule has 2 nitrogen and oxygen atoms in total. The van der Waals surface area contributed by atoms with E-state index >= 15 is 0 Å². The summed E-state index contributed by atoms with van der Waals surface area (Å²) in [5, 5.41) is 12.6. The molecule has 0 saturated heterocycles. The van der Waals surface area contributed by atoms with Crippen LogP contribution in [0.2, 0.25) is 0 Å². The lowest BCUT2D eigenvalue weighted by Crippen LogP contribution is -1.86. The standard InChI is InChI=1S/C12H13NOS/c1-8(2)10-7-15-12(13-10)9-5-3-4-6-11(9)14/h3-8,14H,1-2H3. The quantitative estimate of drug-likeness (QED) is 0.836. The minimum Gasteiger partial charge on any atom is -0.507 e. The van der Waals surface area contributed by atoms with E-state index < -0.39 is 0 Å². The molecule has 1 aromatic heterocycles. The lowest BCUT2D eigenvalue weighted by molar-refractivity contribution is 0.477. The maximum Gasteiger partial charge on any atom is 0.127 e. The number of aromatic nitrogens is 1. The number of thiazole rings is 1. The van der Waals surface area contributed by atoms with E-state index in [0.29, 0.717) is 11.7 Å². The maximum absolute atomic E-state index is 9.68. The predicted molar refractivity (Wildman–Crippen MR) is 63.3 cm³/mol. The fourth-order valence-corrected chi connectivity index (χ4v) is 2.34. The molecule has 0 atom stereocenters. The zero-order chi connectivity index (χ0) is 10.8. The van der Waals surface area contributed by atoms with Crippen LogP contribution in [0.3, 0.4) is 0 Å². The minimum atomic E-state index is 0.294. The van der Waals surface area contributed by atoms with E-state index in [-0.39, 0.29) is 0 Å². The lowest BCUT2D eigenvalue weighted by atomic mass is 10.1. The Morgan fingerprint density at radius 2 is 2.00 bits per heavy atom. The van der Waals surface area contributed by atoms with Gasteiger partial charge in [0.25, 0.3) is 0 Å². The molecule has 0 radical (unpaired) electrons. The van der Waals surface area contributed by atoms with Crippen molar-refractivity contribution >= 4 is 11.3 Å². The molecule has 2 rings (SSSR count). The zero-order valence-corrected chi connectivity index (χ0v) is 9.58. The summed E-state index contributed by atoms with van der Waals surface area (Å²) in [4.78, 5) is 4.50. The SMILES string of the molecule is CC(C)c1csc(-c2ccccc2O)n1. The Bertz CT molecular complexity index is 462. The van der Waals surface area contributed by atoms with Crippen LogP contribution in [0.25, 0.3) is 10.6 Å². The molecule has 0 amide bonds. The van der Waals surface area contributed by atoms with Crippen molar-refractivity contribution in [2.24, 2.45) is 0 Å². The van der Waals surface area contributed by atoms with Gasteiger partial charge in [-0.3, -0.25) is 0 Å². The molecule has 1 N–H and O–H groups in total. The van der Waals surface area contributed by atoms with Crippen LogP contribution < -0.4 is 0 Å². The summed E-state index contributed by atoms with van der Waals surface area (Å²) in [5.74, 6) is 0.725. The normalized spacial score (nSPS) is 10.9. The number of para-hydroxylation sites is 1. The number of phenols is 1. The molecule has 1 aromatic carbocycles. The Labute approximate surface area is 93.2 Å². The fourth-order valence-electron chi connectivity index (χ4n) is 1.33. The average Bonchev–Trinajstić information content (AvgIpc) is 2.67. The van der Waals surface area contributed by atoms with Crippen molar-refractivity contribution < 1.29 is 5.11 Å². The predicted octanol–water partition coefficient (Wildman–Crippen LogP) is 3.64. The molecule has 0 spiro atoms. The number of phenolic OH excluding ortho intramolecular Hbond substituents is 1. The summed E-state index contributed by atoms with van der Waals surface area (Å²) in [7, 11) is 0. The number of nitrogens with zero attached hydrogens (tertiary/aromatic N) is 1. The molecule has 0 fully saturated rings. The summed E-state index contributed by atoms with van der Waals surface area (Å²) >= 11 is 1.57. The van der Waals surface area contributed by atoms with Crippen LogP contribution in [0.5, 0.6) is 5.75 Å². The van der Waals surface area contributed by atoms with Crippen molar-refractivity contribution in [3.05, 3.63) is 35.3 Å².